The summed E-state index contributed by atoms with van der Waals surface area (Å²) in [7, 11) is 3.21. The van der Waals surface area contributed by atoms with Crippen molar-refractivity contribution in [3.63, 3.8) is 0 Å². The van der Waals surface area contributed by atoms with Gasteiger partial charge in [-0.1, -0.05) is 12.1 Å². The van der Waals surface area contributed by atoms with E-state index in [1.807, 2.05) is 0 Å². The number of methoxy groups -OCH3 is 1. The molecule has 1 aliphatic heterocycles. The molecule has 32 heavy (non-hydrogen) atoms. The van der Waals surface area contributed by atoms with Gasteiger partial charge in [-0.15, -0.1) is 0 Å². The van der Waals surface area contributed by atoms with Crippen LogP contribution in [0.4, 0.5) is 26.2 Å². The SMILES string of the molecule is COc1ccc(NC(=O)Nc2ccc3c(c2)C(c2ccccc2F)=NCC(=O)N3C)cc1. The molecule has 0 spiro atoms. The van der Waals surface area contributed by atoms with Crippen LogP contribution in [0.25, 0.3) is 0 Å². The van der Waals surface area contributed by atoms with Gasteiger partial charge in [0.15, 0.2) is 0 Å². The fourth-order valence-corrected chi connectivity index (χ4v) is 3.42. The minimum Gasteiger partial charge on any atom is -0.497 e. The number of rotatable bonds is 4. The number of carbonyl (C=O) groups is 2. The van der Waals surface area contributed by atoms with Crippen LogP contribution in [-0.2, 0) is 4.79 Å². The highest BCUT2D eigenvalue weighted by atomic mass is 19.1. The van der Waals surface area contributed by atoms with Crippen LogP contribution in [0, 0.1) is 5.82 Å². The van der Waals surface area contributed by atoms with Gasteiger partial charge in [-0.05, 0) is 54.6 Å². The Morgan fingerprint density at radius 3 is 2.41 bits per heavy atom. The Bertz CT molecular complexity index is 1210. The van der Waals surface area contributed by atoms with Crippen molar-refractivity contribution in [2.24, 2.45) is 4.99 Å². The predicted molar refractivity (Wildman–Crippen MR) is 122 cm³/mol. The average molecular weight is 432 g/mol. The fraction of sp³-hybridized carbons (Fsp3) is 0.125. The first kappa shape index (κ1) is 21.0. The van der Waals surface area contributed by atoms with Crippen LogP contribution in [0.2, 0.25) is 0 Å². The molecular formula is C24H21FN4O3. The first-order valence-electron chi connectivity index (χ1n) is 9.88. The summed E-state index contributed by atoms with van der Waals surface area (Å²) in [6.07, 6.45) is 0. The maximum atomic E-state index is 14.5. The molecule has 3 amide bonds. The number of carbonyl (C=O) groups excluding carboxylic acids is 2. The van der Waals surface area contributed by atoms with Gasteiger partial charge in [-0.2, -0.15) is 0 Å². The fourth-order valence-electron chi connectivity index (χ4n) is 3.42. The normalized spacial score (nSPS) is 13.0. The summed E-state index contributed by atoms with van der Waals surface area (Å²) < 4.78 is 19.6. The van der Waals surface area contributed by atoms with Crippen LogP contribution in [0.5, 0.6) is 5.75 Å². The van der Waals surface area contributed by atoms with Gasteiger partial charge in [0, 0.05) is 29.5 Å². The molecule has 7 nitrogen and oxygen atoms in total. The number of halogens is 1. The number of fused-ring (bicyclic) bond motifs is 1. The summed E-state index contributed by atoms with van der Waals surface area (Å²) in [5.41, 5.74) is 2.84. The van der Waals surface area contributed by atoms with Crippen molar-refractivity contribution in [3.05, 3.63) is 83.7 Å². The van der Waals surface area contributed by atoms with Crippen LogP contribution < -0.4 is 20.3 Å². The van der Waals surface area contributed by atoms with E-state index in [9.17, 15) is 14.0 Å². The molecule has 0 saturated carbocycles. The van der Waals surface area contributed by atoms with E-state index in [0.717, 1.165) is 0 Å². The second-order valence-electron chi connectivity index (χ2n) is 7.14. The summed E-state index contributed by atoms with van der Waals surface area (Å²) in [6, 6.07) is 17.8. The number of benzodiazepines with no additional fused rings is 1. The molecule has 0 bridgehead atoms. The van der Waals surface area contributed by atoms with Crippen LogP contribution in [-0.4, -0.2) is 38.4 Å². The molecule has 0 atom stereocenters. The number of hydrogen-bond acceptors (Lipinski definition) is 4. The molecule has 8 heteroatoms. The number of anilines is 3. The largest absolute Gasteiger partial charge is 0.497 e. The Morgan fingerprint density at radius 1 is 1.00 bits per heavy atom. The highest BCUT2D eigenvalue weighted by Gasteiger charge is 2.24. The Morgan fingerprint density at radius 2 is 1.69 bits per heavy atom. The minimum absolute atomic E-state index is 0.102. The van der Waals surface area contributed by atoms with Crippen molar-refractivity contribution >= 4 is 34.7 Å². The lowest BCUT2D eigenvalue weighted by atomic mass is 9.99. The third-order valence-electron chi connectivity index (χ3n) is 5.09. The second kappa shape index (κ2) is 8.89. The summed E-state index contributed by atoms with van der Waals surface area (Å²) in [5.74, 6) is 0.0284. The molecule has 4 rings (SSSR count). The monoisotopic (exact) mass is 432 g/mol. The molecule has 1 heterocycles. The first-order chi connectivity index (χ1) is 15.5. The lowest BCUT2D eigenvalue weighted by Crippen LogP contribution is -2.28. The molecule has 3 aromatic rings. The first-order valence-corrected chi connectivity index (χ1v) is 9.88. The van der Waals surface area contributed by atoms with E-state index >= 15 is 0 Å². The van der Waals surface area contributed by atoms with Gasteiger partial charge in [0.2, 0.25) is 5.91 Å². The van der Waals surface area contributed by atoms with Gasteiger partial charge in [-0.25, -0.2) is 9.18 Å². The maximum Gasteiger partial charge on any atom is 0.323 e. The van der Waals surface area contributed by atoms with Gasteiger partial charge in [0.1, 0.15) is 18.1 Å². The third-order valence-corrected chi connectivity index (χ3v) is 5.09. The van der Waals surface area contributed by atoms with Crippen molar-refractivity contribution in [1.29, 1.82) is 0 Å². The van der Waals surface area contributed by atoms with E-state index in [4.69, 9.17) is 4.74 Å². The Kier molecular flexibility index (Phi) is 5.85. The van der Waals surface area contributed by atoms with Crippen LogP contribution in [0.1, 0.15) is 11.1 Å². The summed E-state index contributed by atoms with van der Waals surface area (Å²) >= 11 is 0. The summed E-state index contributed by atoms with van der Waals surface area (Å²) in [5, 5.41) is 5.51. The molecule has 0 unspecified atom stereocenters. The van der Waals surface area contributed by atoms with Gasteiger partial charge in [-0.3, -0.25) is 9.79 Å². The van der Waals surface area contributed by atoms with Crippen molar-refractivity contribution in [3.8, 4) is 5.75 Å². The van der Waals surface area contributed by atoms with Crippen molar-refractivity contribution in [2.75, 3.05) is 36.2 Å². The van der Waals surface area contributed by atoms with Gasteiger partial charge >= 0.3 is 6.03 Å². The predicted octanol–water partition coefficient (Wildman–Crippen LogP) is 4.29. The average Bonchev–Trinajstić information content (AvgIpc) is 2.91. The zero-order chi connectivity index (χ0) is 22.7. The summed E-state index contributed by atoms with van der Waals surface area (Å²) in [6.45, 7) is -0.102. The molecular weight excluding hydrogens is 411 g/mol. The molecule has 0 radical (unpaired) electrons. The number of hydrogen-bond donors (Lipinski definition) is 2. The van der Waals surface area contributed by atoms with Crippen molar-refractivity contribution < 1.29 is 18.7 Å². The van der Waals surface area contributed by atoms with E-state index in [2.05, 4.69) is 15.6 Å². The molecule has 0 fully saturated rings. The van der Waals surface area contributed by atoms with Crippen molar-refractivity contribution in [2.45, 2.75) is 0 Å². The maximum absolute atomic E-state index is 14.5. The van der Waals surface area contributed by atoms with E-state index in [0.29, 0.717) is 34.1 Å². The lowest BCUT2D eigenvalue weighted by Gasteiger charge is -2.19. The third kappa shape index (κ3) is 4.29. The highest BCUT2D eigenvalue weighted by molar-refractivity contribution is 6.20. The van der Waals surface area contributed by atoms with Crippen LogP contribution in [0.3, 0.4) is 0 Å². The number of likely N-dealkylation sites (N-methyl/N-ethyl adjacent to an activating group) is 1. The highest BCUT2D eigenvalue weighted by Crippen LogP contribution is 2.29. The number of aliphatic imine (C=N–C) groups is 1. The van der Waals surface area contributed by atoms with Gasteiger partial charge < -0.3 is 20.3 Å². The van der Waals surface area contributed by atoms with E-state index in [-0.39, 0.29) is 18.0 Å². The number of benzene rings is 3. The standard InChI is InChI=1S/C24H21FN4O3/c1-29-21-12-9-16(28-24(31)27-15-7-10-17(32-2)11-8-15)13-19(21)23(26-14-22(29)30)18-5-3-4-6-20(18)25/h3-13H,14H2,1-2H3,(H2,27,28,31). The molecule has 162 valence electrons. The van der Waals surface area contributed by atoms with E-state index in [1.54, 1.807) is 74.8 Å². The molecule has 0 saturated heterocycles. The van der Waals surface area contributed by atoms with E-state index in [1.165, 1.54) is 11.0 Å². The number of nitrogens with zero attached hydrogens (tertiary/aromatic N) is 2. The number of ether oxygens (including phenoxy) is 1. The molecule has 2 N–H and O–H groups in total. The van der Waals surface area contributed by atoms with Crippen LogP contribution in [0.15, 0.2) is 71.7 Å². The minimum atomic E-state index is -0.447. The quantitative estimate of drug-likeness (QED) is 0.645. The molecule has 1 aliphatic rings. The Hall–Kier alpha value is -4.20. The number of nitrogens with one attached hydrogen (secondary N) is 2. The Balaban J connectivity index is 1.64. The summed E-state index contributed by atoms with van der Waals surface area (Å²) in [4.78, 5) is 30.7. The number of amides is 3. The smallest absolute Gasteiger partial charge is 0.323 e. The number of urea groups is 1. The van der Waals surface area contributed by atoms with Crippen LogP contribution >= 0.6 is 0 Å². The van der Waals surface area contributed by atoms with Gasteiger partial charge in [0.25, 0.3) is 0 Å². The molecule has 0 aliphatic carbocycles. The second-order valence-corrected chi connectivity index (χ2v) is 7.14. The van der Waals surface area contributed by atoms with Gasteiger partial charge in [0.05, 0.1) is 18.5 Å². The zero-order valence-corrected chi connectivity index (χ0v) is 17.6. The van der Waals surface area contributed by atoms with Crippen molar-refractivity contribution in [1.82, 2.24) is 0 Å². The Labute approximate surface area is 184 Å². The zero-order valence-electron chi connectivity index (χ0n) is 17.6. The molecule has 0 aromatic heterocycles. The molecule has 3 aromatic carbocycles. The van der Waals surface area contributed by atoms with E-state index < -0.39 is 11.8 Å². The lowest BCUT2D eigenvalue weighted by molar-refractivity contribution is -0.116. The topological polar surface area (TPSA) is 83.0 Å².